The van der Waals surface area contributed by atoms with E-state index in [4.69, 9.17) is 0 Å². The maximum atomic E-state index is 10.4. The molecular formula is C7H7N3O3S. The Morgan fingerprint density at radius 3 is 2.93 bits per heavy atom. The second-order valence-corrected chi connectivity index (χ2v) is 3.45. The maximum Gasteiger partial charge on any atom is 0.324 e. The van der Waals surface area contributed by atoms with Crippen LogP contribution in [-0.4, -0.2) is 17.0 Å². The van der Waals surface area contributed by atoms with Crippen LogP contribution in [0.2, 0.25) is 0 Å². The Morgan fingerprint density at radius 1 is 1.71 bits per heavy atom. The van der Waals surface area contributed by atoms with Gasteiger partial charge in [-0.05, 0) is 6.07 Å². The van der Waals surface area contributed by atoms with Gasteiger partial charge in [0.1, 0.15) is 0 Å². The lowest BCUT2D eigenvalue weighted by Gasteiger charge is -1.87. The molecule has 1 rings (SSSR count). The molecule has 6 nitrogen and oxygen atoms in total. The highest BCUT2D eigenvalue weighted by atomic mass is 32.1. The van der Waals surface area contributed by atoms with Gasteiger partial charge in [0, 0.05) is 13.0 Å². The van der Waals surface area contributed by atoms with Crippen LogP contribution in [0.3, 0.4) is 0 Å². The molecule has 1 aromatic rings. The third-order valence-corrected chi connectivity index (χ3v) is 2.18. The number of carbonyl (C=O) groups is 1. The minimum Gasteiger partial charge on any atom is -0.274 e. The molecule has 0 spiro atoms. The van der Waals surface area contributed by atoms with Crippen molar-refractivity contribution in [2.24, 2.45) is 5.10 Å². The molecular weight excluding hydrogens is 206 g/mol. The molecule has 0 aliphatic heterocycles. The number of nitrogens with one attached hydrogen (secondary N) is 1. The topological polar surface area (TPSA) is 84.6 Å². The molecule has 1 aromatic heterocycles. The lowest BCUT2D eigenvalue weighted by atomic mass is 10.5. The molecule has 14 heavy (non-hydrogen) atoms. The van der Waals surface area contributed by atoms with Gasteiger partial charge in [0.25, 0.3) is 0 Å². The summed E-state index contributed by atoms with van der Waals surface area (Å²) in [6.07, 6.45) is 1.36. The average Bonchev–Trinajstić information content (AvgIpc) is 2.52. The van der Waals surface area contributed by atoms with E-state index in [1.54, 1.807) is 6.07 Å². The van der Waals surface area contributed by atoms with E-state index in [2.05, 4.69) is 10.5 Å². The first-order chi connectivity index (χ1) is 6.59. The van der Waals surface area contributed by atoms with Crippen molar-refractivity contribution in [1.29, 1.82) is 0 Å². The molecule has 0 saturated heterocycles. The first-order valence-electron chi connectivity index (χ1n) is 3.63. The Morgan fingerprint density at radius 2 is 2.43 bits per heavy atom. The van der Waals surface area contributed by atoms with Gasteiger partial charge in [0.15, 0.2) is 0 Å². The molecule has 0 aromatic carbocycles. The van der Waals surface area contributed by atoms with Crippen molar-refractivity contribution >= 4 is 28.5 Å². The zero-order valence-corrected chi connectivity index (χ0v) is 8.08. The average molecular weight is 213 g/mol. The van der Waals surface area contributed by atoms with Crippen LogP contribution in [0.1, 0.15) is 11.8 Å². The number of amides is 1. The fourth-order valence-electron chi connectivity index (χ4n) is 0.697. The summed E-state index contributed by atoms with van der Waals surface area (Å²) in [6.45, 7) is 1.33. The highest BCUT2D eigenvalue weighted by Crippen LogP contribution is 2.22. The van der Waals surface area contributed by atoms with Crippen LogP contribution in [0, 0.1) is 10.1 Å². The van der Waals surface area contributed by atoms with E-state index in [1.165, 1.54) is 19.2 Å². The lowest BCUT2D eigenvalue weighted by Crippen LogP contribution is -2.11. The summed E-state index contributed by atoms with van der Waals surface area (Å²) in [4.78, 5) is 20.9. The van der Waals surface area contributed by atoms with Crippen LogP contribution < -0.4 is 5.43 Å². The summed E-state index contributed by atoms with van der Waals surface area (Å²) < 4.78 is 0. The molecule has 1 N–H and O–H groups in total. The summed E-state index contributed by atoms with van der Waals surface area (Å²) in [7, 11) is 0. The number of carbonyl (C=O) groups excluding carboxylic acids is 1. The predicted molar refractivity (Wildman–Crippen MR) is 52.4 cm³/mol. The van der Waals surface area contributed by atoms with E-state index < -0.39 is 4.92 Å². The fraction of sp³-hybridized carbons (Fsp3) is 0.143. The molecule has 0 fully saturated rings. The first-order valence-corrected chi connectivity index (χ1v) is 4.45. The van der Waals surface area contributed by atoms with Gasteiger partial charge in [-0.1, -0.05) is 11.3 Å². The summed E-state index contributed by atoms with van der Waals surface area (Å²) in [5.41, 5.74) is 2.20. The minimum absolute atomic E-state index is 0.0503. The Labute approximate surface area is 83.4 Å². The Kier molecular flexibility index (Phi) is 3.29. The molecule has 0 aliphatic rings. The van der Waals surface area contributed by atoms with Crippen LogP contribution in [0.25, 0.3) is 0 Å². The van der Waals surface area contributed by atoms with Crippen LogP contribution in [0.15, 0.2) is 17.2 Å². The highest BCUT2D eigenvalue weighted by molar-refractivity contribution is 7.16. The van der Waals surface area contributed by atoms with Crippen molar-refractivity contribution in [3.63, 3.8) is 0 Å². The molecule has 0 aliphatic carbocycles. The second-order valence-electron chi connectivity index (χ2n) is 2.36. The SMILES string of the molecule is CC(=O)NN=Cc1ccc([N+](=O)[O-])s1. The van der Waals surface area contributed by atoms with E-state index in [0.717, 1.165) is 11.3 Å². The molecule has 7 heteroatoms. The molecule has 0 radical (unpaired) electrons. The number of nitrogens with zero attached hydrogens (tertiary/aromatic N) is 2. The summed E-state index contributed by atoms with van der Waals surface area (Å²) >= 11 is 0.993. The number of hydrogen-bond acceptors (Lipinski definition) is 5. The molecule has 74 valence electrons. The summed E-state index contributed by atoms with van der Waals surface area (Å²) in [6, 6.07) is 2.95. The molecule has 1 heterocycles. The van der Waals surface area contributed by atoms with E-state index in [1.807, 2.05) is 0 Å². The number of hydrazone groups is 1. The van der Waals surface area contributed by atoms with Crippen molar-refractivity contribution in [3.8, 4) is 0 Å². The third kappa shape index (κ3) is 2.94. The number of rotatable bonds is 3. The zero-order chi connectivity index (χ0) is 10.6. The van der Waals surface area contributed by atoms with Crippen molar-refractivity contribution in [2.45, 2.75) is 6.92 Å². The first kappa shape index (κ1) is 10.3. The number of hydrogen-bond donors (Lipinski definition) is 1. The van der Waals surface area contributed by atoms with Gasteiger partial charge in [-0.2, -0.15) is 5.10 Å². The van der Waals surface area contributed by atoms with Gasteiger partial charge in [-0.15, -0.1) is 0 Å². The summed E-state index contributed by atoms with van der Waals surface area (Å²) in [5, 5.41) is 13.9. The van der Waals surface area contributed by atoms with Gasteiger partial charge < -0.3 is 0 Å². The highest BCUT2D eigenvalue weighted by Gasteiger charge is 2.07. The monoisotopic (exact) mass is 213 g/mol. The fourth-order valence-corrected chi connectivity index (χ4v) is 1.39. The second kappa shape index (κ2) is 4.47. The third-order valence-electron chi connectivity index (χ3n) is 1.21. The van der Waals surface area contributed by atoms with Crippen LogP contribution >= 0.6 is 11.3 Å². The van der Waals surface area contributed by atoms with Crippen molar-refractivity contribution in [2.75, 3.05) is 0 Å². The van der Waals surface area contributed by atoms with Crippen LogP contribution in [0.5, 0.6) is 0 Å². The van der Waals surface area contributed by atoms with Crippen molar-refractivity contribution < 1.29 is 9.72 Å². The van der Waals surface area contributed by atoms with E-state index in [9.17, 15) is 14.9 Å². The van der Waals surface area contributed by atoms with Gasteiger partial charge in [0.2, 0.25) is 5.91 Å². The maximum absolute atomic E-state index is 10.4. The Balaban J connectivity index is 2.64. The van der Waals surface area contributed by atoms with Crippen molar-refractivity contribution in [3.05, 3.63) is 27.1 Å². The van der Waals surface area contributed by atoms with Crippen LogP contribution in [-0.2, 0) is 4.79 Å². The quantitative estimate of drug-likeness (QED) is 0.464. The molecule has 0 atom stereocenters. The van der Waals surface area contributed by atoms with Gasteiger partial charge in [-0.3, -0.25) is 14.9 Å². The largest absolute Gasteiger partial charge is 0.324 e. The van der Waals surface area contributed by atoms with Crippen LogP contribution in [0.4, 0.5) is 5.00 Å². The van der Waals surface area contributed by atoms with Gasteiger partial charge in [-0.25, -0.2) is 5.43 Å². The zero-order valence-electron chi connectivity index (χ0n) is 7.26. The van der Waals surface area contributed by atoms with E-state index >= 15 is 0 Å². The smallest absolute Gasteiger partial charge is 0.274 e. The number of thiophene rings is 1. The number of nitro groups is 1. The summed E-state index contributed by atoms with van der Waals surface area (Å²) in [5.74, 6) is -0.285. The van der Waals surface area contributed by atoms with Crippen molar-refractivity contribution in [1.82, 2.24) is 5.43 Å². The normalized spacial score (nSPS) is 10.4. The van der Waals surface area contributed by atoms with E-state index in [-0.39, 0.29) is 10.9 Å². The molecule has 0 saturated carbocycles. The molecule has 0 unspecified atom stereocenters. The Bertz CT molecular complexity index is 385. The lowest BCUT2D eigenvalue weighted by molar-refractivity contribution is -0.380. The van der Waals surface area contributed by atoms with Gasteiger partial charge in [0.05, 0.1) is 16.0 Å². The minimum atomic E-state index is -0.472. The molecule has 1 amide bonds. The van der Waals surface area contributed by atoms with E-state index in [0.29, 0.717) is 4.88 Å². The Hall–Kier alpha value is -1.76. The van der Waals surface area contributed by atoms with Gasteiger partial charge >= 0.3 is 5.00 Å². The standard InChI is InChI=1S/C7H7N3O3S/c1-5(11)9-8-4-6-2-3-7(14-6)10(12)13/h2-4H,1H3,(H,9,11). The predicted octanol–water partition coefficient (Wildman–Crippen LogP) is 1.13. The molecule has 0 bridgehead atoms.